The predicted octanol–water partition coefficient (Wildman–Crippen LogP) is 2.62. The van der Waals surface area contributed by atoms with E-state index in [1.165, 1.54) is 25.1 Å². The van der Waals surface area contributed by atoms with Gasteiger partial charge in [-0.3, -0.25) is 10.1 Å². The molecule has 0 unspecified atom stereocenters. The highest BCUT2D eigenvalue weighted by Crippen LogP contribution is 2.29. The van der Waals surface area contributed by atoms with Crippen molar-refractivity contribution in [1.29, 1.82) is 0 Å². The van der Waals surface area contributed by atoms with Gasteiger partial charge in [0, 0.05) is 7.05 Å². The summed E-state index contributed by atoms with van der Waals surface area (Å²) in [6.45, 7) is 1.49. The molecule has 1 heterocycles. The van der Waals surface area contributed by atoms with Crippen LogP contribution >= 0.6 is 0 Å². The Kier molecular flexibility index (Phi) is 3.74. The first-order valence-corrected chi connectivity index (χ1v) is 5.75. The zero-order valence-electron chi connectivity index (χ0n) is 10.8. The topological polar surface area (TPSA) is 93.0 Å². The number of anilines is 3. The highest BCUT2D eigenvalue weighted by atomic mass is 19.1. The lowest BCUT2D eigenvalue weighted by Crippen LogP contribution is -2.07. The van der Waals surface area contributed by atoms with Crippen molar-refractivity contribution < 1.29 is 9.31 Å². The van der Waals surface area contributed by atoms with Crippen LogP contribution in [0.2, 0.25) is 0 Å². The minimum atomic E-state index is -0.599. The molecule has 2 aromatic rings. The van der Waals surface area contributed by atoms with Crippen LogP contribution in [0, 0.1) is 22.9 Å². The first-order chi connectivity index (χ1) is 9.52. The number of aromatic nitrogens is 2. The second-order valence-electron chi connectivity index (χ2n) is 3.94. The van der Waals surface area contributed by atoms with Crippen molar-refractivity contribution in [3.63, 3.8) is 0 Å². The van der Waals surface area contributed by atoms with Crippen LogP contribution in [0.25, 0.3) is 0 Å². The Morgan fingerprint density at radius 2 is 2.00 bits per heavy atom. The Bertz CT molecular complexity index is 662. The van der Waals surface area contributed by atoms with Crippen LogP contribution in [-0.2, 0) is 0 Å². The lowest BCUT2D eigenvalue weighted by molar-refractivity contribution is -0.385. The Labute approximate surface area is 114 Å². The molecule has 2 rings (SSSR count). The fourth-order valence-electron chi connectivity index (χ4n) is 1.67. The fourth-order valence-corrected chi connectivity index (χ4v) is 1.67. The van der Waals surface area contributed by atoms with Gasteiger partial charge < -0.3 is 10.6 Å². The zero-order valence-corrected chi connectivity index (χ0v) is 10.8. The molecule has 0 spiro atoms. The number of hydrogen-bond donors (Lipinski definition) is 2. The van der Waals surface area contributed by atoms with Crippen molar-refractivity contribution in [2.45, 2.75) is 6.92 Å². The molecule has 0 aliphatic rings. The molecule has 0 fully saturated rings. The van der Waals surface area contributed by atoms with E-state index in [4.69, 9.17) is 0 Å². The lowest BCUT2D eigenvalue weighted by atomic mass is 10.3. The van der Waals surface area contributed by atoms with Gasteiger partial charge in [0.2, 0.25) is 11.8 Å². The van der Waals surface area contributed by atoms with E-state index in [9.17, 15) is 14.5 Å². The van der Waals surface area contributed by atoms with Crippen LogP contribution in [0.3, 0.4) is 0 Å². The van der Waals surface area contributed by atoms with E-state index in [0.29, 0.717) is 0 Å². The predicted molar refractivity (Wildman–Crippen MR) is 72.7 cm³/mol. The Morgan fingerprint density at radius 3 is 2.60 bits per heavy atom. The van der Waals surface area contributed by atoms with E-state index >= 15 is 0 Å². The maximum Gasteiger partial charge on any atom is 0.332 e. The fraction of sp³-hybridized carbons (Fsp3) is 0.167. The number of para-hydroxylation sites is 1. The molecular formula is C12H12FN5O2. The lowest BCUT2D eigenvalue weighted by Gasteiger charge is -2.09. The van der Waals surface area contributed by atoms with Gasteiger partial charge in [-0.1, -0.05) is 12.1 Å². The molecule has 1 aromatic carbocycles. The Hall–Kier alpha value is -2.77. The number of nitro groups is 1. The molecular weight excluding hydrogens is 265 g/mol. The van der Waals surface area contributed by atoms with E-state index in [0.717, 1.165) is 0 Å². The summed E-state index contributed by atoms with van der Waals surface area (Å²) in [7, 11) is 1.59. The summed E-state index contributed by atoms with van der Waals surface area (Å²) >= 11 is 0. The van der Waals surface area contributed by atoms with Crippen molar-refractivity contribution in [2.24, 2.45) is 0 Å². The second-order valence-corrected chi connectivity index (χ2v) is 3.94. The maximum atomic E-state index is 13.6. The minimum absolute atomic E-state index is 0.0584. The molecule has 8 heteroatoms. The Balaban J connectivity index is 2.52. The number of nitrogens with zero attached hydrogens (tertiary/aromatic N) is 3. The van der Waals surface area contributed by atoms with Gasteiger partial charge >= 0.3 is 5.69 Å². The third-order valence-electron chi connectivity index (χ3n) is 2.59. The maximum absolute atomic E-state index is 13.6. The van der Waals surface area contributed by atoms with Crippen molar-refractivity contribution >= 4 is 23.1 Å². The molecule has 0 aliphatic heterocycles. The molecule has 104 valence electrons. The van der Waals surface area contributed by atoms with Gasteiger partial charge in [0.1, 0.15) is 11.5 Å². The van der Waals surface area contributed by atoms with Gasteiger partial charge in [-0.25, -0.2) is 9.37 Å². The van der Waals surface area contributed by atoms with Gasteiger partial charge in [0.15, 0.2) is 0 Å². The summed E-state index contributed by atoms with van der Waals surface area (Å²) in [4.78, 5) is 18.4. The first kappa shape index (κ1) is 13.7. The molecule has 0 amide bonds. The number of hydrogen-bond acceptors (Lipinski definition) is 6. The molecule has 0 radical (unpaired) electrons. The summed E-state index contributed by atoms with van der Waals surface area (Å²) in [6.07, 6.45) is 0. The van der Waals surface area contributed by atoms with Gasteiger partial charge in [-0.2, -0.15) is 4.98 Å². The number of aryl methyl sites for hydroxylation is 1. The molecule has 7 nitrogen and oxygen atoms in total. The quantitative estimate of drug-likeness (QED) is 0.659. The van der Waals surface area contributed by atoms with Crippen LogP contribution in [0.15, 0.2) is 24.3 Å². The van der Waals surface area contributed by atoms with Crippen LogP contribution < -0.4 is 10.6 Å². The SMILES string of the molecule is CNc1nc(C)c([N+](=O)[O-])c(Nc2ccccc2F)n1. The molecule has 0 aliphatic carbocycles. The first-order valence-electron chi connectivity index (χ1n) is 5.75. The van der Waals surface area contributed by atoms with E-state index in [-0.39, 0.29) is 28.8 Å². The van der Waals surface area contributed by atoms with Gasteiger partial charge in [0.25, 0.3) is 0 Å². The molecule has 0 bridgehead atoms. The average molecular weight is 277 g/mol. The zero-order chi connectivity index (χ0) is 14.7. The molecule has 20 heavy (non-hydrogen) atoms. The van der Waals surface area contributed by atoms with E-state index in [2.05, 4.69) is 20.6 Å². The summed E-state index contributed by atoms with van der Waals surface area (Å²) in [5, 5.41) is 16.4. The van der Waals surface area contributed by atoms with Crippen LogP contribution in [0.1, 0.15) is 5.69 Å². The molecule has 0 saturated carbocycles. The van der Waals surface area contributed by atoms with Crippen LogP contribution in [0.5, 0.6) is 0 Å². The molecule has 2 N–H and O–H groups in total. The van der Waals surface area contributed by atoms with E-state index < -0.39 is 10.7 Å². The molecule has 0 atom stereocenters. The van der Waals surface area contributed by atoms with Gasteiger partial charge in [0.05, 0.1) is 10.6 Å². The van der Waals surface area contributed by atoms with Gasteiger partial charge in [-0.05, 0) is 19.1 Å². The minimum Gasteiger partial charge on any atom is -0.357 e. The third kappa shape index (κ3) is 2.63. The van der Waals surface area contributed by atoms with Crippen molar-refractivity contribution in [1.82, 2.24) is 9.97 Å². The number of nitrogens with one attached hydrogen (secondary N) is 2. The van der Waals surface area contributed by atoms with Crippen LogP contribution in [0.4, 0.5) is 27.5 Å². The number of rotatable bonds is 4. The highest BCUT2D eigenvalue weighted by Gasteiger charge is 2.22. The van der Waals surface area contributed by atoms with E-state index in [1.807, 2.05) is 0 Å². The van der Waals surface area contributed by atoms with Crippen molar-refractivity contribution in [3.8, 4) is 0 Å². The Morgan fingerprint density at radius 1 is 1.30 bits per heavy atom. The van der Waals surface area contributed by atoms with Crippen molar-refractivity contribution in [3.05, 3.63) is 45.9 Å². The monoisotopic (exact) mass is 277 g/mol. The smallest absolute Gasteiger partial charge is 0.332 e. The number of benzene rings is 1. The van der Waals surface area contributed by atoms with E-state index in [1.54, 1.807) is 13.1 Å². The molecule has 0 saturated heterocycles. The largest absolute Gasteiger partial charge is 0.357 e. The summed E-state index contributed by atoms with van der Waals surface area (Å²) in [5.74, 6) is -0.368. The highest BCUT2D eigenvalue weighted by molar-refractivity contribution is 5.68. The average Bonchev–Trinajstić information content (AvgIpc) is 2.40. The van der Waals surface area contributed by atoms with Gasteiger partial charge in [-0.15, -0.1) is 0 Å². The second kappa shape index (κ2) is 5.47. The van der Waals surface area contributed by atoms with Crippen LogP contribution in [-0.4, -0.2) is 21.9 Å². The summed E-state index contributed by atoms with van der Waals surface area (Å²) in [6, 6.07) is 5.86. The normalized spacial score (nSPS) is 10.2. The standard InChI is InChI=1S/C12H12FN5O2/c1-7-10(18(19)20)11(17-12(14-2)15-7)16-9-6-4-3-5-8(9)13/h3-6H,1-2H3,(H2,14,15,16,17). The summed E-state index contributed by atoms with van der Waals surface area (Å²) in [5.41, 5.74) is 0.0104. The molecule has 1 aromatic heterocycles. The summed E-state index contributed by atoms with van der Waals surface area (Å²) < 4.78 is 13.6. The van der Waals surface area contributed by atoms with Crippen molar-refractivity contribution in [2.75, 3.05) is 17.7 Å². The number of halogens is 1. The third-order valence-corrected chi connectivity index (χ3v) is 2.59.